The minimum Gasteiger partial charge on any atom is -0.497 e. The van der Waals surface area contributed by atoms with E-state index < -0.39 is 5.60 Å². The van der Waals surface area contributed by atoms with Crippen LogP contribution in [0.4, 0.5) is 0 Å². The molecule has 0 unspecified atom stereocenters. The quantitative estimate of drug-likeness (QED) is 0.771. The Bertz CT molecular complexity index is 384. The van der Waals surface area contributed by atoms with Gasteiger partial charge in [-0.1, -0.05) is 0 Å². The van der Waals surface area contributed by atoms with Crippen LogP contribution in [0.5, 0.6) is 5.75 Å². The fourth-order valence-corrected chi connectivity index (χ4v) is 1.92. The molecule has 0 aliphatic heterocycles. The molecule has 0 radical (unpaired) electrons. The molecule has 5 heteroatoms. The van der Waals surface area contributed by atoms with Gasteiger partial charge in [0.15, 0.2) is 0 Å². The largest absolute Gasteiger partial charge is 0.497 e. The third-order valence-electron chi connectivity index (χ3n) is 2.15. The van der Waals surface area contributed by atoms with E-state index in [1.165, 1.54) is 11.8 Å². The zero-order chi connectivity index (χ0) is 13.6. The van der Waals surface area contributed by atoms with E-state index in [0.29, 0.717) is 5.75 Å². The van der Waals surface area contributed by atoms with Crippen LogP contribution in [0, 0.1) is 0 Å². The van der Waals surface area contributed by atoms with Crippen LogP contribution < -0.4 is 10.1 Å². The lowest BCUT2D eigenvalue weighted by atomic mass is 10.1. The van der Waals surface area contributed by atoms with Gasteiger partial charge in [-0.2, -0.15) is 0 Å². The van der Waals surface area contributed by atoms with Gasteiger partial charge in [0.05, 0.1) is 18.5 Å². The van der Waals surface area contributed by atoms with E-state index >= 15 is 0 Å². The number of hydrogen-bond donors (Lipinski definition) is 2. The molecule has 1 amide bonds. The van der Waals surface area contributed by atoms with Gasteiger partial charge in [-0.15, -0.1) is 11.8 Å². The maximum atomic E-state index is 11.5. The number of nitrogens with one attached hydrogen (secondary N) is 1. The molecule has 0 saturated carbocycles. The Kier molecular flexibility index (Phi) is 5.50. The van der Waals surface area contributed by atoms with E-state index in [4.69, 9.17) is 4.74 Å². The van der Waals surface area contributed by atoms with Gasteiger partial charge in [0.1, 0.15) is 5.75 Å². The summed E-state index contributed by atoms with van der Waals surface area (Å²) in [5.41, 5.74) is -0.875. The Labute approximate surface area is 112 Å². The molecule has 0 bridgehead atoms. The first-order valence-electron chi connectivity index (χ1n) is 5.66. The van der Waals surface area contributed by atoms with E-state index in [1.807, 2.05) is 24.3 Å². The highest BCUT2D eigenvalue weighted by atomic mass is 32.2. The van der Waals surface area contributed by atoms with Crippen molar-refractivity contribution < 1.29 is 14.6 Å². The van der Waals surface area contributed by atoms with E-state index in [0.717, 1.165) is 10.6 Å². The summed E-state index contributed by atoms with van der Waals surface area (Å²) in [6.07, 6.45) is 0. The molecule has 0 heterocycles. The third-order valence-corrected chi connectivity index (χ3v) is 3.16. The van der Waals surface area contributed by atoms with E-state index in [1.54, 1.807) is 21.0 Å². The van der Waals surface area contributed by atoms with Gasteiger partial charge < -0.3 is 15.2 Å². The highest BCUT2D eigenvalue weighted by molar-refractivity contribution is 8.00. The Balaban J connectivity index is 2.33. The SMILES string of the molecule is COc1ccc(SCC(=O)NCC(C)(C)O)cc1. The lowest BCUT2D eigenvalue weighted by Gasteiger charge is -2.17. The number of methoxy groups -OCH3 is 1. The van der Waals surface area contributed by atoms with Crippen molar-refractivity contribution in [1.82, 2.24) is 5.32 Å². The summed E-state index contributed by atoms with van der Waals surface area (Å²) in [7, 11) is 1.62. The average molecular weight is 269 g/mol. The second-order valence-corrected chi connectivity index (χ2v) is 5.60. The van der Waals surface area contributed by atoms with E-state index in [-0.39, 0.29) is 12.5 Å². The van der Waals surface area contributed by atoms with Crippen LogP contribution in [-0.4, -0.2) is 36.0 Å². The predicted molar refractivity (Wildman–Crippen MR) is 73.0 cm³/mol. The number of thioether (sulfide) groups is 1. The van der Waals surface area contributed by atoms with Gasteiger partial charge in [-0.3, -0.25) is 4.79 Å². The van der Waals surface area contributed by atoms with E-state index in [2.05, 4.69) is 5.32 Å². The van der Waals surface area contributed by atoms with Crippen molar-refractivity contribution >= 4 is 17.7 Å². The summed E-state index contributed by atoms with van der Waals surface area (Å²) in [5, 5.41) is 12.2. The first kappa shape index (κ1) is 14.9. The number of amides is 1. The lowest BCUT2D eigenvalue weighted by Crippen LogP contribution is -2.38. The molecule has 100 valence electrons. The van der Waals surface area contributed by atoms with Crippen molar-refractivity contribution in [2.45, 2.75) is 24.3 Å². The van der Waals surface area contributed by atoms with Crippen LogP contribution in [0.2, 0.25) is 0 Å². The van der Waals surface area contributed by atoms with Crippen LogP contribution in [0.25, 0.3) is 0 Å². The molecule has 0 saturated heterocycles. The van der Waals surface area contributed by atoms with Crippen molar-refractivity contribution in [3.05, 3.63) is 24.3 Å². The number of aliphatic hydroxyl groups is 1. The number of benzene rings is 1. The average Bonchev–Trinajstić information content (AvgIpc) is 2.33. The van der Waals surface area contributed by atoms with Crippen molar-refractivity contribution in [1.29, 1.82) is 0 Å². The summed E-state index contributed by atoms with van der Waals surface area (Å²) >= 11 is 1.45. The number of rotatable bonds is 6. The number of ether oxygens (including phenoxy) is 1. The molecule has 0 atom stereocenters. The lowest BCUT2D eigenvalue weighted by molar-refractivity contribution is -0.119. The Morgan fingerprint density at radius 2 is 2.00 bits per heavy atom. The molecule has 0 aromatic heterocycles. The van der Waals surface area contributed by atoms with Crippen molar-refractivity contribution in [3.8, 4) is 5.75 Å². The van der Waals surface area contributed by atoms with Crippen LogP contribution >= 0.6 is 11.8 Å². The van der Waals surface area contributed by atoms with Gasteiger partial charge in [0, 0.05) is 11.4 Å². The minimum atomic E-state index is -0.875. The molecule has 0 fully saturated rings. The number of hydrogen-bond acceptors (Lipinski definition) is 4. The molecule has 2 N–H and O–H groups in total. The zero-order valence-corrected chi connectivity index (χ0v) is 11.7. The van der Waals surface area contributed by atoms with Crippen molar-refractivity contribution in [2.75, 3.05) is 19.4 Å². The third kappa shape index (κ3) is 5.93. The van der Waals surface area contributed by atoms with Crippen LogP contribution in [0.3, 0.4) is 0 Å². The highest BCUT2D eigenvalue weighted by Gasteiger charge is 2.13. The maximum absolute atomic E-state index is 11.5. The van der Waals surface area contributed by atoms with Crippen molar-refractivity contribution in [2.24, 2.45) is 0 Å². The minimum absolute atomic E-state index is 0.0852. The van der Waals surface area contributed by atoms with Gasteiger partial charge >= 0.3 is 0 Å². The second kappa shape index (κ2) is 6.66. The van der Waals surface area contributed by atoms with Gasteiger partial charge in [-0.05, 0) is 38.1 Å². The summed E-state index contributed by atoms with van der Waals surface area (Å²) < 4.78 is 5.05. The molecule has 0 spiro atoms. The Hall–Kier alpha value is -1.20. The normalized spacial score (nSPS) is 11.1. The number of carbonyl (C=O) groups is 1. The smallest absolute Gasteiger partial charge is 0.230 e. The molecule has 4 nitrogen and oxygen atoms in total. The van der Waals surface area contributed by atoms with Crippen LogP contribution in [-0.2, 0) is 4.79 Å². The number of carbonyl (C=O) groups excluding carboxylic acids is 1. The van der Waals surface area contributed by atoms with E-state index in [9.17, 15) is 9.90 Å². The summed E-state index contributed by atoms with van der Waals surface area (Å²) in [6.45, 7) is 3.57. The molecule has 18 heavy (non-hydrogen) atoms. The Morgan fingerprint density at radius 3 is 2.50 bits per heavy atom. The molecule has 0 aliphatic rings. The molecule has 1 aromatic carbocycles. The first-order valence-corrected chi connectivity index (χ1v) is 6.65. The molecule has 0 aliphatic carbocycles. The predicted octanol–water partition coefficient (Wildman–Crippen LogP) is 1.67. The summed E-state index contributed by atoms with van der Waals surface area (Å²) in [6, 6.07) is 7.54. The highest BCUT2D eigenvalue weighted by Crippen LogP contribution is 2.20. The maximum Gasteiger partial charge on any atom is 0.230 e. The fourth-order valence-electron chi connectivity index (χ4n) is 1.19. The topological polar surface area (TPSA) is 58.6 Å². The molecular weight excluding hydrogens is 250 g/mol. The molecule has 1 aromatic rings. The fraction of sp³-hybridized carbons (Fsp3) is 0.462. The van der Waals surface area contributed by atoms with Gasteiger partial charge in [0.25, 0.3) is 0 Å². The second-order valence-electron chi connectivity index (χ2n) is 4.55. The zero-order valence-electron chi connectivity index (χ0n) is 10.9. The van der Waals surface area contributed by atoms with Gasteiger partial charge in [-0.25, -0.2) is 0 Å². The van der Waals surface area contributed by atoms with Crippen molar-refractivity contribution in [3.63, 3.8) is 0 Å². The summed E-state index contributed by atoms with van der Waals surface area (Å²) in [5.74, 6) is 1.05. The molecule has 1 rings (SSSR count). The van der Waals surface area contributed by atoms with Gasteiger partial charge in [0.2, 0.25) is 5.91 Å². The standard InChI is InChI=1S/C13H19NO3S/c1-13(2,16)9-14-12(15)8-18-11-6-4-10(17-3)5-7-11/h4-7,16H,8-9H2,1-3H3,(H,14,15). The van der Waals surface area contributed by atoms with Crippen LogP contribution in [0.15, 0.2) is 29.2 Å². The molecular formula is C13H19NO3S. The summed E-state index contributed by atoms with van der Waals surface area (Å²) in [4.78, 5) is 12.5. The Morgan fingerprint density at radius 1 is 1.39 bits per heavy atom. The monoisotopic (exact) mass is 269 g/mol. The first-order chi connectivity index (χ1) is 8.40. The van der Waals surface area contributed by atoms with Crippen LogP contribution in [0.1, 0.15) is 13.8 Å².